The third-order valence-corrected chi connectivity index (χ3v) is 4.27. The van der Waals surface area contributed by atoms with E-state index in [0.717, 1.165) is 28.1 Å². The summed E-state index contributed by atoms with van der Waals surface area (Å²) < 4.78 is 5.36. The number of hydrogen-bond acceptors (Lipinski definition) is 5. The third-order valence-electron chi connectivity index (χ3n) is 3.97. The summed E-state index contributed by atoms with van der Waals surface area (Å²) in [5.74, 6) is 2.04. The average molecular weight is 369 g/mol. The minimum absolute atomic E-state index is 0.529. The van der Waals surface area contributed by atoms with E-state index < -0.39 is 0 Å². The van der Waals surface area contributed by atoms with Gasteiger partial charge in [-0.25, -0.2) is 4.98 Å². The molecule has 0 spiro atoms. The fourth-order valence-corrected chi connectivity index (χ4v) is 3.11. The molecule has 0 aliphatic rings. The van der Waals surface area contributed by atoms with Gasteiger partial charge in [0, 0.05) is 18.3 Å². The summed E-state index contributed by atoms with van der Waals surface area (Å²) in [6.45, 7) is 4.61. The number of halogens is 1. The zero-order valence-electron chi connectivity index (χ0n) is 15.0. The summed E-state index contributed by atoms with van der Waals surface area (Å²) in [6.07, 6.45) is 1.71. The lowest BCUT2D eigenvalue weighted by atomic mass is 10.1. The molecule has 0 saturated heterocycles. The van der Waals surface area contributed by atoms with Gasteiger partial charge >= 0.3 is 0 Å². The van der Waals surface area contributed by atoms with Gasteiger partial charge in [-0.05, 0) is 43.2 Å². The van der Waals surface area contributed by atoms with Crippen LogP contribution < -0.4 is 15.4 Å². The molecule has 3 aromatic rings. The molecule has 0 aliphatic carbocycles. The van der Waals surface area contributed by atoms with E-state index in [1.165, 1.54) is 0 Å². The molecule has 5 nitrogen and oxygen atoms in total. The Morgan fingerprint density at radius 1 is 1.12 bits per heavy atom. The largest absolute Gasteiger partial charge is 0.496 e. The molecule has 1 aromatic heterocycles. The first-order chi connectivity index (χ1) is 12.6. The van der Waals surface area contributed by atoms with Gasteiger partial charge in [0.05, 0.1) is 17.8 Å². The van der Waals surface area contributed by atoms with E-state index in [-0.39, 0.29) is 0 Å². The Hall–Kier alpha value is -2.79. The highest BCUT2D eigenvalue weighted by atomic mass is 35.5. The first-order valence-electron chi connectivity index (χ1n) is 8.29. The lowest BCUT2D eigenvalue weighted by Gasteiger charge is -2.13. The molecule has 0 saturated carbocycles. The zero-order chi connectivity index (χ0) is 18.5. The molecule has 1 heterocycles. The number of anilines is 3. The number of aromatic nitrogens is 2. The smallest absolute Gasteiger partial charge is 0.224 e. The highest BCUT2D eigenvalue weighted by Gasteiger charge is 2.08. The maximum atomic E-state index is 6.36. The van der Waals surface area contributed by atoms with Gasteiger partial charge in [0.2, 0.25) is 5.95 Å². The molecule has 0 bridgehead atoms. The number of benzene rings is 2. The highest BCUT2D eigenvalue weighted by Crippen LogP contribution is 2.29. The molecule has 2 aromatic carbocycles. The molecule has 0 amide bonds. The summed E-state index contributed by atoms with van der Waals surface area (Å²) >= 11 is 6.36. The van der Waals surface area contributed by atoms with Crippen molar-refractivity contribution in [1.82, 2.24) is 9.97 Å². The van der Waals surface area contributed by atoms with Crippen LogP contribution in [0.25, 0.3) is 0 Å². The predicted molar refractivity (Wildman–Crippen MR) is 107 cm³/mol. The van der Waals surface area contributed by atoms with E-state index in [1.807, 2.05) is 50.2 Å². The fraction of sp³-hybridized carbons (Fsp3) is 0.200. The number of methoxy groups -OCH3 is 1. The van der Waals surface area contributed by atoms with Crippen molar-refractivity contribution in [3.8, 4) is 5.75 Å². The first-order valence-corrected chi connectivity index (χ1v) is 8.67. The zero-order valence-corrected chi connectivity index (χ0v) is 15.8. The van der Waals surface area contributed by atoms with Crippen LogP contribution in [0.1, 0.15) is 16.7 Å². The molecule has 0 radical (unpaired) electrons. The van der Waals surface area contributed by atoms with Gasteiger partial charge in [-0.15, -0.1) is 0 Å². The molecule has 26 heavy (non-hydrogen) atoms. The van der Waals surface area contributed by atoms with Crippen LogP contribution in [-0.2, 0) is 6.54 Å². The Balaban J connectivity index is 1.75. The van der Waals surface area contributed by atoms with Crippen LogP contribution >= 0.6 is 11.6 Å². The number of rotatable bonds is 6. The maximum absolute atomic E-state index is 6.36. The summed E-state index contributed by atoms with van der Waals surface area (Å²) in [6, 6.07) is 13.7. The summed E-state index contributed by atoms with van der Waals surface area (Å²) in [5.41, 5.74) is 4.08. The number of para-hydroxylation sites is 1. The molecule has 3 rings (SSSR count). The fourth-order valence-electron chi connectivity index (χ4n) is 2.74. The van der Waals surface area contributed by atoms with E-state index in [0.29, 0.717) is 23.3 Å². The van der Waals surface area contributed by atoms with Gasteiger partial charge in [0.1, 0.15) is 11.6 Å². The normalized spacial score (nSPS) is 10.5. The Kier molecular flexibility index (Phi) is 5.58. The van der Waals surface area contributed by atoms with Crippen LogP contribution in [0.5, 0.6) is 5.75 Å². The van der Waals surface area contributed by atoms with E-state index in [4.69, 9.17) is 16.3 Å². The Morgan fingerprint density at radius 3 is 2.69 bits per heavy atom. The van der Waals surface area contributed by atoms with Crippen LogP contribution in [0.15, 0.2) is 48.7 Å². The van der Waals surface area contributed by atoms with Gasteiger partial charge < -0.3 is 15.4 Å². The van der Waals surface area contributed by atoms with E-state index in [9.17, 15) is 0 Å². The number of ether oxygens (including phenoxy) is 1. The van der Waals surface area contributed by atoms with E-state index in [2.05, 4.69) is 26.7 Å². The summed E-state index contributed by atoms with van der Waals surface area (Å²) in [4.78, 5) is 8.78. The van der Waals surface area contributed by atoms with Gasteiger partial charge in [-0.3, -0.25) is 0 Å². The number of nitrogens with zero attached hydrogens (tertiary/aromatic N) is 2. The second-order valence-electron chi connectivity index (χ2n) is 5.99. The van der Waals surface area contributed by atoms with Crippen molar-refractivity contribution >= 4 is 29.1 Å². The minimum atomic E-state index is 0.529. The lowest BCUT2D eigenvalue weighted by molar-refractivity contribution is 0.410. The number of aryl methyl sites for hydroxylation is 2. The van der Waals surface area contributed by atoms with Gasteiger partial charge in [-0.1, -0.05) is 35.9 Å². The van der Waals surface area contributed by atoms with Crippen LogP contribution in [0.3, 0.4) is 0 Å². The van der Waals surface area contributed by atoms with Gasteiger partial charge in [-0.2, -0.15) is 4.98 Å². The lowest BCUT2D eigenvalue weighted by Crippen LogP contribution is -2.06. The van der Waals surface area contributed by atoms with Gasteiger partial charge in [0.25, 0.3) is 0 Å². The second-order valence-corrected chi connectivity index (χ2v) is 6.40. The molecule has 0 atom stereocenters. The van der Waals surface area contributed by atoms with Crippen LogP contribution in [0.4, 0.5) is 17.5 Å². The van der Waals surface area contributed by atoms with E-state index >= 15 is 0 Å². The maximum Gasteiger partial charge on any atom is 0.224 e. The third kappa shape index (κ3) is 4.24. The molecular weight excluding hydrogens is 348 g/mol. The van der Waals surface area contributed by atoms with Crippen LogP contribution in [-0.4, -0.2) is 17.1 Å². The number of hydrogen-bond donors (Lipinski definition) is 2. The van der Waals surface area contributed by atoms with E-state index in [1.54, 1.807) is 13.3 Å². The van der Waals surface area contributed by atoms with Crippen LogP contribution in [0.2, 0.25) is 5.02 Å². The Labute approximate surface area is 158 Å². The minimum Gasteiger partial charge on any atom is -0.496 e. The summed E-state index contributed by atoms with van der Waals surface area (Å²) in [7, 11) is 1.66. The molecule has 6 heteroatoms. The van der Waals surface area contributed by atoms with Crippen molar-refractivity contribution in [3.05, 3.63) is 70.4 Å². The van der Waals surface area contributed by atoms with Crippen molar-refractivity contribution in [2.45, 2.75) is 20.4 Å². The Bertz CT molecular complexity index is 891. The number of nitrogens with one attached hydrogen (secondary N) is 2. The monoisotopic (exact) mass is 368 g/mol. The van der Waals surface area contributed by atoms with Crippen molar-refractivity contribution in [2.75, 3.05) is 17.7 Å². The molecule has 0 aliphatic heterocycles. The van der Waals surface area contributed by atoms with Crippen molar-refractivity contribution in [1.29, 1.82) is 0 Å². The van der Waals surface area contributed by atoms with Crippen molar-refractivity contribution in [3.63, 3.8) is 0 Å². The second kappa shape index (κ2) is 8.06. The molecule has 134 valence electrons. The quantitative estimate of drug-likeness (QED) is 0.633. The average Bonchev–Trinajstić information content (AvgIpc) is 2.63. The SMILES string of the molecule is COc1ccccc1CNc1nccc(Nc2c(C)cc(C)cc2Cl)n1. The van der Waals surface area contributed by atoms with Crippen molar-refractivity contribution in [2.24, 2.45) is 0 Å². The standard InChI is InChI=1S/C20H21ClN4O/c1-13-10-14(2)19(16(21)11-13)24-18-8-9-22-20(25-18)23-12-15-6-4-5-7-17(15)26-3/h4-11H,12H2,1-3H3,(H2,22,23,24,25). The highest BCUT2D eigenvalue weighted by molar-refractivity contribution is 6.33. The van der Waals surface area contributed by atoms with Crippen molar-refractivity contribution < 1.29 is 4.74 Å². The molecule has 2 N–H and O–H groups in total. The summed E-state index contributed by atoms with van der Waals surface area (Å²) in [5, 5.41) is 7.18. The Morgan fingerprint density at radius 2 is 1.92 bits per heavy atom. The molecule has 0 unspecified atom stereocenters. The van der Waals surface area contributed by atoms with Crippen LogP contribution in [0, 0.1) is 13.8 Å². The molecule has 0 fully saturated rings. The first kappa shape index (κ1) is 18.0. The molecular formula is C20H21ClN4O. The topological polar surface area (TPSA) is 59.1 Å². The predicted octanol–water partition coefficient (Wildman–Crippen LogP) is 5.11. The van der Waals surface area contributed by atoms with Gasteiger partial charge in [0.15, 0.2) is 0 Å².